The molecule has 4 heteroatoms. The topological polar surface area (TPSA) is 70.1 Å². The van der Waals surface area contributed by atoms with Gasteiger partial charge in [0.05, 0.1) is 17.7 Å². The van der Waals surface area contributed by atoms with E-state index >= 15 is 0 Å². The molecule has 0 heterocycles. The van der Waals surface area contributed by atoms with E-state index in [4.69, 9.17) is 11.0 Å². The summed E-state index contributed by atoms with van der Waals surface area (Å²) in [5, 5.41) is 8.70. The molecule has 1 aromatic rings. The van der Waals surface area contributed by atoms with E-state index in [0.29, 0.717) is 18.5 Å². The van der Waals surface area contributed by atoms with Crippen LogP contribution in [0, 0.1) is 11.3 Å². The quantitative estimate of drug-likeness (QED) is 0.857. The summed E-state index contributed by atoms with van der Waals surface area (Å²) < 4.78 is 0. The van der Waals surface area contributed by atoms with Gasteiger partial charge in [-0.25, -0.2) is 0 Å². The molecule has 0 radical (unpaired) electrons. The summed E-state index contributed by atoms with van der Waals surface area (Å²) in [6.07, 6.45) is 1.61. The average Bonchev–Trinajstić information content (AvgIpc) is 2.39. The van der Waals surface area contributed by atoms with Gasteiger partial charge in [-0.15, -0.1) is 0 Å². The molecule has 18 heavy (non-hydrogen) atoms. The van der Waals surface area contributed by atoms with Crippen LogP contribution in [0.2, 0.25) is 0 Å². The highest BCUT2D eigenvalue weighted by Gasteiger charge is 2.16. The Kier molecular flexibility index (Phi) is 5.34. The standard InChI is InChI=1S/C14H19N3O/c1-3-4-13(16)14(18)17(2)10-12-7-5-11(9-15)6-8-12/h5-8,13H,3-4,10,16H2,1-2H3. The summed E-state index contributed by atoms with van der Waals surface area (Å²) in [7, 11) is 1.75. The largest absolute Gasteiger partial charge is 0.340 e. The number of nitrogens with zero attached hydrogens (tertiary/aromatic N) is 2. The van der Waals surface area contributed by atoms with Crippen molar-refractivity contribution in [2.75, 3.05) is 7.05 Å². The Morgan fingerprint density at radius 3 is 2.56 bits per heavy atom. The second kappa shape index (κ2) is 6.77. The molecule has 0 aromatic heterocycles. The van der Waals surface area contributed by atoms with Gasteiger partial charge in [-0.1, -0.05) is 25.5 Å². The molecular formula is C14H19N3O. The summed E-state index contributed by atoms with van der Waals surface area (Å²) in [6.45, 7) is 2.52. The van der Waals surface area contributed by atoms with Gasteiger partial charge in [0, 0.05) is 13.6 Å². The Balaban J connectivity index is 2.61. The molecule has 1 rings (SSSR count). The van der Waals surface area contributed by atoms with E-state index in [0.717, 1.165) is 12.0 Å². The van der Waals surface area contributed by atoms with E-state index in [2.05, 4.69) is 6.07 Å². The van der Waals surface area contributed by atoms with Crippen LogP contribution in [-0.4, -0.2) is 23.9 Å². The molecule has 0 aliphatic heterocycles. The number of hydrogen-bond acceptors (Lipinski definition) is 3. The second-order valence-electron chi connectivity index (χ2n) is 4.40. The summed E-state index contributed by atoms with van der Waals surface area (Å²) in [5.74, 6) is -0.0405. The fourth-order valence-electron chi connectivity index (χ4n) is 1.75. The van der Waals surface area contributed by atoms with Gasteiger partial charge in [0.15, 0.2) is 0 Å². The highest BCUT2D eigenvalue weighted by Crippen LogP contribution is 2.07. The van der Waals surface area contributed by atoms with Crippen molar-refractivity contribution in [3.8, 4) is 6.07 Å². The molecule has 0 fully saturated rings. The average molecular weight is 245 g/mol. The van der Waals surface area contributed by atoms with Gasteiger partial charge in [-0.3, -0.25) is 4.79 Å². The van der Waals surface area contributed by atoms with Crippen molar-refractivity contribution < 1.29 is 4.79 Å². The third-order valence-corrected chi connectivity index (χ3v) is 2.80. The van der Waals surface area contributed by atoms with Gasteiger partial charge in [0.1, 0.15) is 0 Å². The van der Waals surface area contributed by atoms with E-state index in [1.165, 1.54) is 0 Å². The first-order valence-corrected chi connectivity index (χ1v) is 6.08. The molecule has 1 aromatic carbocycles. The lowest BCUT2D eigenvalue weighted by molar-refractivity contribution is -0.131. The molecule has 0 spiro atoms. The molecule has 96 valence electrons. The van der Waals surface area contributed by atoms with Crippen LogP contribution in [0.15, 0.2) is 24.3 Å². The maximum absolute atomic E-state index is 11.9. The van der Waals surface area contributed by atoms with E-state index in [9.17, 15) is 4.79 Å². The Labute approximate surface area is 108 Å². The van der Waals surface area contributed by atoms with E-state index in [-0.39, 0.29) is 5.91 Å². The van der Waals surface area contributed by atoms with Gasteiger partial charge < -0.3 is 10.6 Å². The first-order chi connectivity index (χ1) is 8.58. The Morgan fingerprint density at radius 1 is 1.44 bits per heavy atom. The molecule has 0 saturated carbocycles. The molecule has 1 unspecified atom stereocenters. The predicted octanol–water partition coefficient (Wildman–Crippen LogP) is 1.64. The van der Waals surface area contributed by atoms with Crippen molar-refractivity contribution in [3.05, 3.63) is 35.4 Å². The van der Waals surface area contributed by atoms with Crippen molar-refractivity contribution in [1.29, 1.82) is 5.26 Å². The van der Waals surface area contributed by atoms with Crippen molar-refractivity contribution in [3.63, 3.8) is 0 Å². The third kappa shape index (κ3) is 3.86. The minimum absolute atomic E-state index is 0.0405. The first kappa shape index (κ1) is 14.2. The molecule has 1 amide bonds. The monoisotopic (exact) mass is 245 g/mol. The van der Waals surface area contributed by atoms with Gasteiger partial charge in [-0.2, -0.15) is 5.26 Å². The molecule has 0 aliphatic carbocycles. The normalized spacial score (nSPS) is 11.7. The van der Waals surface area contributed by atoms with Crippen molar-refractivity contribution >= 4 is 5.91 Å². The highest BCUT2D eigenvalue weighted by molar-refractivity contribution is 5.81. The van der Waals surface area contributed by atoms with Crippen LogP contribution < -0.4 is 5.73 Å². The summed E-state index contributed by atoms with van der Waals surface area (Å²) >= 11 is 0. The number of hydrogen-bond donors (Lipinski definition) is 1. The number of nitriles is 1. The number of nitrogens with two attached hydrogens (primary N) is 1. The number of likely N-dealkylation sites (N-methyl/N-ethyl adjacent to an activating group) is 1. The Bertz CT molecular complexity index is 433. The Morgan fingerprint density at radius 2 is 2.06 bits per heavy atom. The summed E-state index contributed by atoms with van der Waals surface area (Å²) in [4.78, 5) is 13.5. The van der Waals surface area contributed by atoms with Crippen molar-refractivity contribution in [2.24, 2.45) is 5.73 Å². The van der Waals surface area contributed by atoms with Gasteiger partial charge in [-0.05, 0) is 24.1 Å². The molecule has 0 saturated heterocycles. The molecule has 4 nitrogen and oxygen atoms in total. The van der Waals surface area contributed by atoms with Crippen LogP contribution in [0.25, 0.3) is 0 Å². The number of carbonyl (C=O) groups excluding carboxylic acids is 1. The smallest absolute Gasteiger partial charge is 0.239 e. The third-order valence-electron chi connectivity index (χ3n) is 2.80. The van der Waals surface area contributed by atoms with Crippen LogP contribution in [0.1, 0.15) is 30.9 Å². The number of carbonyl (C=O) groups is 1. The lowest BCUT2D eigenvalue weighted by Crippen LogP contribution is -2.41. The molecule has 0 bridgehead atoms. The minimum atomic E-state index is -0.418. The fraction of sp³-hybridized carbons (Fsp3) is 0.429. The second-order valence-corrected chi connectivity index (χ2v) is 4.40. The number of rotatable bonds is 5. The van der Waals surface area contributed by atoms with Gasteiger partial charge >= 0.3 is 0 Å². The van der Waals surface area contributed by atoms with Crippen LogP contribution in [-0.2, 0) is 11.3 Å². The maximum Gasteiger partial charge on any atom is 0.239 e. The van der Waals surface area contributed by atoms with Gasteiger partial charge in [0.25, 0.3) is 0 Å². The first-order valence-electron chi connectivity index (χ1n) is 6.08. The molecule has 2 N–H and O–H groups in total. The lowest BCUT2D eigenvalue weighted by atomic mass is 10.1. The number of benzene rings is 1. The molecular weight excluding hydrogens is 226 g/mol. The zero-order valence-corrected chi connectivity index (χ0v) is 10.9. The van der Waals surface area contributed by atoms with Crippen molar-refractivity contribution in [2.45, 2.75) is 32.4 Å². The fourth-order valence-corrected chi connectivity index (χ4v) is 1.75. The SMILES string of the molecule is CCCC(N)C(=O)N(C)Cc1ccc(C#N)cc1. The highest BCUT2D eigenvalue weighted by atomic mass is 16.2. The van der Waals surface area contributed by atoms with Crippen LogP contribution in [0.5, 0.6) is 0 Å². The summed E-state index contributed by atoms with van der Waals surface area (Å²) in [6, 6.07) is 8.86. The minimum Gasteiger partial charge on any atom is -0.340 e. The maximum atomic E-state index is 11.9. The molecule has 1 atom stereocenters. The molecule has 0 aliphatic rings. The Hall–Kier alpha value is -1.86. The predicted molar refractivity (Wildman–Crippen MR) is 70.5 cm³/mol. The zero-order chi connectivity index (χ0) is 13.5. The summed E-state index contributed by atoms with van der Waals surface area (Å²) in [5.41, 5.74) is 7.41. The lowest BCUT2D eigenvalue weighted by Gasteiger charge is -2.21. The van der Waals surface area contributed by atoms with Crippen LogP contribution in [0.3, 0.4) is 0 Å². The number of amides is 1. The van der Waals surface area contributed by atoms with Crippen LogP contribution in [0.4, 0.5) is 0 Å². The van der Waals surface area contributed by atoms with E-state index in [1.807, 2.05) is 19.1 Å². The zero-order valence-electron chi connectivity index (χ0n) is 10.9. The van der Waals surface area contributed by atoms with Crippen molar-refractivity contribution in [1.82, 2.24) is 4.90 Å². The van der Waals surface area contributed by atoms with E-state index < -0.39 is 6.04 Å². The van der Waals surface area contributed by atoms with Gasteiger partial charge in [0.2, 0.25) is 5.91 Å². The van der Waals surface area contributed by atoms with E-state index in [1.54, 1.807) is 24.1 Å². The van der Waals surface area contributed by atoms with Crippen LogP contribution >= 0.6 is 0 Å².